The Balaban J connectivity index is 2.73. The number of alkyl carbamates (subject to hydrolysis) is 1. The molecule has 1 rings (SSSR count). The second kappa shape index (κ2) is 5.01. The lowest BCUT2D eigenvalue weighted by molar-refractivity contribution is 0.169. The van der Waals surface area contributed by atoms with E-state index < -0.39 is 12.1 Å². The van der Waals surface area contributed by atoms with Crippen molar-refractivity contribution in [2.45, 2.75) is 6.04 Å². The second-order valence-electron chi connectivity index (χ2n) is 2.60. The molecule has 1 aromatic rings. The molecule has 0 unspecified atom stereocenters. The fourth-order valence-corrected chi connectivity index (χ4v) is 1.00. The van der Waals surface area contributed by atoms with Crippen molar-refractivity contribution in [3.8, 4) is 0 Å². The minimum atomic E-state index is -0.774. The molecule has 73 valence electrons. The van der Waals surface area contributed by atoms with Gasteiger partial charge in [0.25, 0.3) is 0 Å². The summed E-state index contributed by atoms with van der Waals surface area (Å²) in [6.07, 6.45) is 1.07. The second-order valence-corrected chi connectivity index (χ2v) is 2.60. The summed E-state index contributed by atoms with van der Waals surface area (Å²) in [6.45, 7) is 0. The number of carbonyl (C=O) groups excluding carboxylic acids is 2. The number of hydrogen-bond donors (Lipinski definition) is 1. The third-order valence-electron chi connectivity index (χ3n) is 1.70. The van der Waals surface area contributed by atoms with E-state index in [0.717, 1.165) is 0 Å². The van der Waals surface area contributed by atoms with Crippen molar-refractivity contribution in [2.75, 3.05) is 7.11 Å². The first-order valence-corrected chi connectivity index (χ1v) is 4.05. The number of carbonyl (C=O) groups is 1. The number of benzene rings is 1. The minimum Gasteiger partial charge on any atom is -0.453 e. The van der Waals surface area contributed by atoms with E-state index in [-0.39, 0.29) is 0 Å². The average Bonchev–Trinajstić information content (AvgIpc) is 2.26. The van der Waals surface area contributed by atoms with Crippen LogP contribution in [0.5, 0.6) is 0 Å². The predicted molar refractivity (Wildman–Crippen MR) is 50.4 cm³/mol. The fourth-order valence-electron chi connectivity index (χ4n) is 1.00. The first-order chi connectivity index (χ1) is 6.77. The molecule has 0 saturated carbocycles. The van der Waals surface area contributed by atoms with Crippen LogP contribution in [0, 0.1) is 0 Å². The van der Waals surface area contributed by atoms with E-state index in [4.69, 9.17) is 0 Å². The number of methoxy groups -OCH3 is 1. The van der Waals surface area contributed by atoms with Gasteiger partial charge in [-0.25, -0.2) is 4.79 Å². The van der Waals surface area contributed by atoms with Gasteiger partial charge in [-0.15, -0.1) is 0 Å². The molecule has 14 heavy (non-hydrogen) atoms. The molecule has 0 aromatic heterocycles. The molecule has 4 heteroatoms. The zero-order valence-corrected chi connectivity index (χ0v) is 7.69. The Labute approximate surface area is 81.9 Å². The maximum absolute atomic E-state index is 10.8. The lowest BCUT2D eigenvalue weighted by atomic mass is 10.1. The zero-order chi connectivity index (χ0) is 10.4. The summed E-state index contributed by atoms with van der Waals surface area (Å²) in [4.78, 5) is 21.4. The van der Waals surface area contributed by atoms with Crippen molar-refractivity contribution in [3.63, 3.8) is 0 Å². The van der Waals surface area contributed by atoms with Gasteiger partial charge in [-0.3, -0.25) is 4.79 Å². The normalized spacial score (nSPS) is 11.5. The number of amides is 1. The van der Waals surface area contributed by atoms with Crippen LogP contribution in [0.3, 0.4) is 0 Å². The molecule has 0 aliphatic rings. The summed E-state index contributed by atoms with van der Waals surface area (Å²) < 4.78 is 4.38. The van der Waals surface area contributed by atoms with Crippen LogP contribution in [0.2, 0.25) is 0 Å². The molecule has 0 aliphatic heterocycles. The quantitative estimate of drug-likeness (QED) is 0.782. The number of ether oxygens (including phenoxy) is 1. The van der Waals surface area contributed by atoms with Crippen LogP contribution in [0.4, 0.5) is 4.79 Å². The Bertz CT molecular complexity index is 310. The molecule has 0 aliphatic carbocycles. The third-order valence-corrected chi connectivity index (χ3v) is 1.70. The lowest BCUT2D eigenvalue weighted by Gasteiger charge is -2.10. The summed E-state index contributed by atoms with van der Waals surface area (Å²) in [5.41, 5.74) is 0.674. The molecule has 4 nitrogen and oxygen atoms in total. The zero-order valence-electron chi connectivity index (χ0n) is 7.69. The first kappa shape index (κ1) is 10.2. The SMILES string of the molecule is COC(=O)N[C@@H]([C]=O)c1ccccc1. The highest BCUT2D eigenvalue weighted by Crippen LogP contribution is 2.09. The highest BCUT2D eigenvalue weighted by molar-refractivity contribution is 5.74. The largest absolute Gasteiger partial charge is 0.453 e. The lowest BCUT2D eigenvalue weighted by Crippen LogP contribution is -2.29. The highest BCUT2D eigenvalue weighted by Gasteiger charge is 2.13. The predicted octanol–water partition coefficient (Wildman–Crippen LogP) is 1.19. The summed E-state index contributed by atoms with van der Waals surface area (Å²) >= 11 is 0. The number of nitrogens with one attached hydrogen (secondary N) is 1. The number of rotatable bonds is 3. The Morgan fingerprint density at radius 1 is 1.43 bits per heavy atom. The van der Waals surface area contributed by atoms with Gasteiger partial charge in [0.05, 0.1) is 7.11 Å². The number of hydrogen-bond acceptors (Lipinski definition) is 3. The monoisotopic (exact) mass is 192 g/mol. The standard InChI is InChI=1S/C10H10NO3/c1-14-10(13)11-9(7-12)8-5-3-2-4-6-8/h2-6,9H,1H3,(H,11,13)/t9-/m0/s1. The molecular formula is C10H10NO3. The Morgan fingerprint density at radius 3 is 2.57 bits per heavy atom. The first-order valence-electron chi connectivity index (χ1n) is 4.05. The summed E-state index contributed by atoms with van der Waals surface area (Å²) in [6, 6.07) is 8.06. The van der Waals surface area contributed by atoms with Gasteiger partial charge < -0.3 is 10.1 Å². The molecule has 1 atom stereocenters. The smallest absolute Gasteiger partial charge is 0.407 e. The molecule has 0 bridgehead atoms. The van der Waals surface area contributed by atoms with Crippen LogP contribution >= 0.6 is 0 Å². The van der Waals surface area contributed by atoms with Gasteiger partial charge in [-0.2, -0.15) is 0 Å². The molecule has 1 amide bonds. The molecule has 1 aromatic carbocycles. The summed E-state index contributed by atoms with van der Waals surface area (Å²) in [5, 5.41) is 2.35. The van der Waals surface area contributed by atoms with Crippen molar-refractivity contribution < 1.29 is 14.3 Å². The van der Waals surface area contributed by atoms with Crippen LogP contribution in [0.15, 0.2) is 30.3 Å². The minimum absolute atomic E-state index is 0.651. The molecule has 1 radical (unpaired) electrons. The van der Waals surface area contributed by atoms with Gasteiger partial charge in [0, 0.05) is 0 Å². The van der Waals surface area contributed by atoms with Gasteiger partial charge in [0.15, 0.2) is 0 Å². The van der Waals surface area contributed by atoms with Crippen molar-refractivity contribution in [3.05, 3.63) is 35.9 Å². The molecule has 0 fully saturated rings. The van der Waals surface area contributed by atoms with Crippen LogP contribution in [-0.2, 0) is 9.53 Å². The van der Waals surface area contributed by atoms with E-state index in [1.807, 2.05) is 6.07 Å². The van der Waals surface area contributed by atoms with Gasteiger partial charge in [-0.1, -0.05) is 30.3 Å². The third kappa shape index (κ3) is 2.58. The Hall–Kier alpha value is -1.84. The van der Waals surface area contributed by atoms with E-state index >= 15 is 0 Å². The fraction of sp³-hybridized carbons (Fsp3) is 0.200. The van der Waals surface area contributed by atoms with Crippen LogP contribution < -0.4 is 5.32 Å². The van der Waals surface area contributed by atoms with Gasteiger partial charge in [0.1, 0.15) is 6.04 Å². The van der Waals surface area contributed by atoms with E-state index in [2.05, 4.69) is 10.1 Å². The van der Waals surface area contributed by atoms with Crippen molar-refractivity contribution in [1.82, 2.24) is 5.32 Å². The highest BCUT2D eigenvalue weighted by atomic mass is 16.5. The average molecular weight is 192 g/mol. The van der Waals surface area contributed by atoms with Gasteiger partial charge >= 0.3 is 6.09 Å². The van der Waals surface area contributed by atoms with Crippen molar-refractivity contribution in [1.29, 1.82) is 0 Å². The molecule has 1 N–H and O–H groups in total. The Morgan fingerprint density at radius 2 is 2.07 bits per heavy atom. The van der Waals surface area contributed by atoms with Crippen molar-refractivity contribution >= 4 is 12.4 Å². The summed E-state index contributed by atoms with van der Waals surface area (Å²) in [7, 11) is 1.24. The molecular weight excluding hydrogens is 182 g/mol. The van der Waals surface area contributed by atoms with Crippen molar-refractivity contribution in [2.24, 2.45) is 0 Å². The van der Waals surface area contributed by atoms with Crippen LogP contribution in [0.1, 0.15) is 11.6 Å². The Kier molecular flexibility index (Phi) is 3.67. The van der Waals surface area contributed by atoms with E-state index in [1.165, 1.54) is 7.11 Å². The van der Waals surface area contributed by atoms with Crippen LogP contribution in [-0.4, -0.2) is 19.5 Å². The molecule has 0 saturated heterocycles. The molecule has 0 heterocycles. The van der Waals surface area contributed by atoms with E-state index in [9.17, 15) is 9.59 Å². The maximum atomic E-state index is 10.8. The van der Waals surface area contributed by atoms with Gasteiger partial charge in [0.2, 0.25) is 6.29 Å². The summed E-state index contributed by atoms with van der Waals surface area (Å²) in [5.74, 6) is 0. The van der Waals surface area contributed by atoms with Crippen LogP contribution in [0.25, 0.3) is 0 Å². The van der Waals surface area contributed by atoms with E-state index in [0.29, 0.717) is 5.56 Å². The topological polar surface area (TPSA) is 55.4 Å². The van der Waals surface area contributed by atoms with E-state index in [1.54, 1.807) is 30.6 Å². The van der Waals surface area contributed by atoms with Gasteiger partial charge in [-0.05, 0) is 5.56 Å². The molecule has 0 spiro atoms. The maximum Gasteiger partial charge on any atom is 0.407 e.